The number of fused-ring (bicyclic) bond motifs is 1. The Labute approximate surface area is 121 Å². The van der Waals surface area contributed by atoms with Crippen molar-refractivity contribution in [1.82, 2.24) is 5.32 Å². The zero-order valence-electron chi connectivity index (χ0n) is 12.0. The summed E-state index contributed by atoms with van der Waals surface area (Å²) in [7, 11) is 0. The molecule has 1 atom stereocenters. The van der Waals surface area contributed by atoms with E-state index in [0.29, 0.717) is 5.92 Å². The molecule has 1 aromatic carbocycles. The third-order valence-electron chi connectivity index (χ3n) is 5.03. The third-order valence-corrected chi connectivity index (χ3v) is 5.03. The van der Waals surface area contributed by atoms with Gasteiger partial charge in [-0.3, -0.25) is 4.79 Å². The number of hydrogen-bond acceptors (Lipinski definition) is 2. The molecule has 0 radical (unpaired) electrons. The van der Waals surface area contributed by atoms with Crippen LogP contribution in [0.5, 0.6) is 0 Å². The van der Waals surface area contributed by atoms with Crippen molar-refractivity contribution in [3.63, 3.8) is 0 Å². The van der Waals surface area contributed by atoms with Crippen molar-refractivity contribution < 1.29 is 4.79 Å². The quantitative estimate of drug-likeness (QED) is 0.852. The summed E-state index contributed by atoms with van der Waals surface area (Å²) in [5, 5.41) is 3.59. The third kappa shape index (κ3) is 2.03. The molecule has 1 N–H and O–H groups in total. The first-order valence-electron chi connectivity index (χ1n) is 7.79. The smallest absolute Gasteiger partial charge is 0.179 e. The van der Waals surface area contributed by atoms with Crippen LogP contribution in [0, 0.1) is 5.92 Å². The maximum absolute atomic E-state index is 12.8. The second-order valence-corrected chi connectivity index (χ2v) is 6.05. The molecule has 0 spiro atoms. The molecule has 2 aliphatic rings. The standard InChI is InChI=1S/C18H23NO/c1-2-17(20)18(15-9-4-3-5-10-15)16-11-7-6-8-14(16)12-13-19-18/h2,6-8,11,15,19H,1,3-5,9-10,12-13H2. The van der Waals surface area contributed by atoms with E-state index in [0.717, 1.165) is 25.8 Å². The van der Waals surface area contributed by atoms with Gasteiger partial charge in [0.1, 0.15) is 5.54 Å². The largest absolute Gasteiger partial charge is 0.300 e. The maximum Gasteiger partial charge on any atom is 0.179 e. The van der Waals surface area contributed by atoms with Crippen molar-refractivity contribution in [3.8, 4) is 0 Å². The summed E-state index contributed by atoms with van der Waals surface area (Å²) in [6.07, 6.45) is 8.58. The van der Waals surface area contributed by atoms with Crippen LogP contribution in [0.15, 0.2) is 36.9 Å². The Morgan fingerprint density at radius 2 is 2.00 bits per heavy atom. The summed E-state index contributed by atoms with van der Waals surface area (Å²) < 4.78 is 0. The number of carbonyl (C=O) groups is 1. The fourth-order valence-electron chi connectivity index (χ4n) is 4.09. The van der Waals surface area contributed by atoms with E-state index in [1.807, 2.05) is 0 Å². The molecule has 2 heteroatoms. The van der Waals surface area contributed by atoms with E-state index in [9.17, 15) is 4.79 Å². The highest BCUT2D eigenvalue weighted by molar-refractivity contribution is 5.99. The first-order chi connectivity index (χ1) is 9.79. The number of benzene rings is 1. The summed E-state index contributed by atoms with van der Waals surface area (Å²) in [6, 6.07) is 8.44. The minimum absolute atomic E-state index is 0.150. The zero-order valence-corrected chi connectivity index (χ0v) is 12.0. The van der Waals surface area contributed by atoms with Crippen LogP contribution >= 0.6 is 0 Å². The minimum Gasteiger partial charge on any atom is -0.300 e. The molecule has 1 aromatic rings. The van der Waals surface area contributed by atoms with Crippen LogP contribution in [0.1, 0.15) is 43.2 Å². The topological polar surface area (TPSA) is 29.1 Å². The number of rotatable bonds is 3. The van der Waals surface area contributed by atoms with E-state index < -0.39 is 5.54 Å². The summed E-state index contributed by atoms with van der Waals surface area (Å²) in [5.41, 5.74) is 2.01. The van der Waals surface area contributed by atoms with E-state index >= 15 is 0 Å². The van der Waals surface area contributed by atoms with Gasteiger partial charge in [0, 0.05) is 6.54 Å². The fraction of sp³-hybridized carbons (Fsp3) is 0.500. The van der Waals surface area contributed by atoms with E-state index in [1.54, 1.807) is 0 Å². The molecule has 20 heavy (non-hydrogen) atoms. The molecule has 1 unspecified atom stereocenters. The van der Waals surface area contributed by atoms with Gasteiger partial charge in [0.25, 0.3) is 0 Å². The molecular formula is C18H23NO. The molecule has 3 rings (SSSR count). The molecule has 0 amide bonds. The van der Waals surface area contributed by atoms with Crippen molar-refractivity contribution in [2.24, 2.45) is 5.92 Å². The molecule has 1 heterocycles. The van der Waals surface area contributed by atoms with Gasteiger partial charge in [-0.2, -0.15) is 0 Å². The Morgan fingerprint density at radius 3 is 2.75 bits per heavy atom. The molecule has 0 saturated heterocycles. The van der Waals surface area contributed by atoms with E-state index in [-0.39, 0.29) is 5.78 Å². The van der Waals surface area contributed by atoms with E-state index in [2.05, 4.69) is 36.2 Å². The highest BCUT2D eigenvalue weighted by Crippen LogP contribution is 2.43. The van der Waals surface area contributed by atoms with Gasteiger partial charge in [0.2, 0.25) is 0 Å². The number of hydrogen-bond donors (Lipinski definition) is 1. The highest BCUT2D eigenvalue weighted by atomic mass is 16.1. The molecule has 0 aromatic heterocycles. The second-order valence-electron chi connectivity index (χ2n) is 6.05. The average molecular weight is 269 g/mol. The van der Waals surface area contributed by atoms with Crippen molar-refractivity contribution >= 4 is 5.78 Å². The van der Waals surface area contributed by atoms with Crippen molar-refractivity contribution in [2.45, 2.75) is 44.1 Å². The normalized spacial score (nSPS) is 26.8. The molecule has 0 bridgehead atoms. The first-order valence-corrected chi connectivity index (χ1v) is 7.79. The second kappa shape index (κ2) is 5.53. The average Bonchev–Trinajstić information content (AvgIpc) is 2.54. The van der Waals surface area contributed by atoms with Gasteiger partial charge >= 0.3 is 0 Å². The molecule has 1 saturated carbocycles. The molecule has 2 nitrogen and oxygen atoms in total. The SMILES string of the molecule is C=CC(=O)C1(C2CCCCC2)NCCc2ccccc21. The summed E-state index contributed by atoms with van der Waals surface area (Å²) >= 11 is 0. The first kappa shape index (κ1) is 13.6. The Kier molecular flexibility index (Phi) is 3.75. The van der Waals surface area contributed by atoms with Gasteiger partial charge in [-0.15, -0.1) is 0 Å². The number of ketones is 1. The lowest BCUT2D eigenvalue weighted by Crippen LogP contribution is -2.57. The molecule has 1 fully saturated rings. The van der Waals surface area contributed by atoms with Crippen LogP contribution in [0.4, 0.5) is 0 Å². The van der Waals surface area contributed by atoms with Gasteiger partial charge in [-0.05, 0) is 42.4 Å². The predicted octanol–water partition coefficient (Wildman–Crippen LogP) is 3.36. The van der Waals surface area contributed by atoms with Crippen molar-refractivity contribution in [3.05, 3.63) is 48.0 Å². The van der Waals surface area contributed by atoms with Gasteiger partial charge in [-0.25, -0.2) is 0 Å². The van der Waals surface area contributed by atoms with Crippen molar-refractivity contribution in [1.29, 1.82) is 0 Å². The maximum atomic E-state index is 12.8. The van der Waals surface area contributed by atoms with Crippen LogP contribution in [0.3, 0.4) is 0 Å². The Bertz CT molecular complexity index is 516. The zero-order chi connectivity index (χ0) is 14.0. The molecule has 1 aliphatic carbocycles. The van der Waals surface area contributed by atoms with Gasteiger partial charge in [0.05, 0.1) is 0 Å². The highest BCUT2D eigenvalue weighted by Gasteiger charge is 2.47. The fourth-order valence-corrected chi connectivity index (χ4v) is 4.09. The van der Waals surface area contributed by atoms with E-state index in [4.69, 9.17) is 0 Å². The molecular weight excluding hydrogens is 246 g/mol. The lowest BCUT2D eigenvalue weighted by Gasteiger charge is -2.45. The Hall–Kier alpha value is -1.41. The van der Waals surface area contributed by atoms with Gasteiger partial charge < -0.3 is 5.32 Å². The van der Waals surface area contributed by atoms with Crippen molar-refractivity contribution in [2.75, 3.05) is 6.54 Å². The van der Waals surface area contributed by atoms with Gasteiger partial charge in [-0.1, -0.05) is 50.1 Å². The monoisotopic (exact) mass is 269 g/mol. The minimum atomic E-state index is -0.517. The summed E-state index contributed by atoms with van der Waals surface area (Å²) in [5.74, 6) is 0.555. The van der Waals surface area contributed by atoms with Gasteiger partial charge in [0.15, 0.2) is 5.78 Å². The lowest BCUT2D eigenvalue weighted by atomic mass is 9.66. The van der Waals surface area contributed by atoms with Crippen LogP contribution in [-0.4, -0.2) is 12.3 Å². The summed E-state index contributed by atoms with van der Waals surface area (Å²) in [4.78, 5) is 12.8. The number of carbonyl (C=O) groups excluding carboxylic acids is 1. The lowest BCUT2D eigenvalue weighted by molar-refractivity contribution is -0.124. The Morgan fingerprint density at radius 1 is 1.25 bits per heavy atom. The van der Waals surface area contributed by atoms with E-state index in [1.165, 1.54) is 36.5 Å². The van der Waals surface area contributed by atoms with Crippen LogP contribution in [0.2, 0.25) is 0 Å². The molecule has 1 aliphatic heterocycles. The summed E-state index contributed by atoms with van der Waals surface area (Å²) in [6.45, 7) is 4.64. The van der Waals surface area contributed by atoms with Crippen LogP contribution < -0.4 is 5.32 Å². The number of nitrogens with one attached hydrogen (secondary N) is 1. The predicted molar refractivity (Wildman–Crippen MR) is 81.6 cm³/mol. The van der Waals surface area contributed by atoms with Crippen LogP contribution in [0.25, 0.3) is 0 Å². The molecule has 106 valence electrons. The van der Waals surface area contributed by atoms with Crippen LogP contribution in [-0.2, 0) is 16.8 Å². The Balaban J connectivity index is 2.11.